The number of hydrogen-bond donors (Lipinski definition) is 1. The van der Waals surface area contributed by atoms with E-state index < -0.39 is 15.8 Å². The fourth-order valence-corrected chi connectivity index (χ4v) is 2.99. The molecular formula is C11H9FN2O2S2. The lowest BCUT2D eigenvalue weighted by Gasteiger charge is -1.99. The van der Waals surface area contributed by atoms with E-state index in [1.54, 1.807) is 17.5 Å². The van der Waals surface area contributed by atoms with Crippen molar-refractivity contribution in [2.75, 3.05) is 0 Å². The second-order valence-electron chi connectivity index (χ2n) is 3.34. The summed E-state index contributed by atoms with van der Waals surface area (Å²) < 4.78 is 36.4. The van der Waals surface area contributed by atoms with E-state index in [-0.39, 0.29) is 4.21 Å². The number of benzene rings is 1. The molecular weight excluding hydrogens is 275 g/mol. The molecule has 0 spiro atoms. The minimum Gasteiger partial charge on any atom is -0.207 e. The third-order valence-corrected chi connectivity index (χ3v) is 4.62. The maximum absolute atomic E-state index is 12.9. The van der Waals surface area contributed by atoms with Gasteiger partial charge in [0.1, 0.15) is 10.0 Å². The fraction of sp³-hybridized carbons (Fsp3) is 0. The zero-order chi connectivity index (χ0) is 13.0. The SMILES string of the molecule is O=S(=O)(N/N=C/c1cccc(F)c1)c1cccs1. The van der Waals surface area contributed by atoms with Crippen molar-refractivity contribution < 1.29 is 12.8 Å². The molecule has 7 heteroatoms. The average Bonchev–Trinajstić information content (AvgIpc) is 2.83. The Morgan fingerprint density at radius 1 is 1.28 bits per heavy atom. The van der Waals surface area contributed by atoms with Gasteiger partial charge in [-0.3, -0.25) is 0 Å². The van der Waals surface area contributed by atoms with E-state index in [2.05, 4.69) is 9.93 Å². The van der Waals surface area contributed by atoms with Crippen molar-refractivity contribution in [3.05, 3.63) is 53.2 Å². The third-order valence-electron chi connectivity index (χ3n) is 2.00. The van der Waals surface area contributed by atoms with E-state index in [9.17, 15) is 12.8 Å². The van der Waals surface area contributed by atoms with Gasteiger partial charge in [0, 0.05) is 0 Å². The predicted molar refractivity (Wildman–Crippen MR) is 68.6 cm³/mol. The summed E-state index contributed by atoms with van der Waals surface area (Å²) in [6.07, 6.45) is 1.24. The van der Waals surface area contributed by atoms with Crippen LogP contribution >= 0.6 is 11.3 Å². The summed E-state index contributed by atoms with van der Waals surface area (Å²) in [6, 6.07) is 8.80. The van der Waals surface area contributed by atoms with E-state index >= 15 is 0 Å². The number of halogens is 1. The number of nitrogens with zero attached hydrogens (tertiary/aromatic N) is 1. The van der Waals surface area contributed by atoms with Crippen LogP contribution in [0.25, 0.3) is 0 Å². The lowest BCUT2D eigenvalue weighted by atomic mass is 10.2. The van der Waals surface area contributed by atoms with Crippen molar-refractivity contribution in [3.8, 4) is 0 Å². The first-order valence-corrected chi connectivity index (χ1v) is 7.28. The van der Waals surface area contributed by atoms with Gasteiger partial charge in [-0.15, -0.1) is 11.3 Å². The Kier molecular flexibility index (Phi) is 3.73. The molecule has 0 amide bonds. The normalized spacial score (nSPS) is 11.8. The Morgan fingerprint density at radius 2 is 2.11 bits per heavy atom. The molecule has 94 valence electrons. The second-order valence-corrected chi connectivity index (χ2v) is 6.18. The summed E-state index contributed by atoms with van der Waals surface area (Å²) >= 11 is 1.09. The summed E-state index contributed by atoms with van der Waals surface area (Å²) in [5, 5.41) is 5.24. The highest BCUT2D eigenvalue weighted by Crippen LogP contribution is 2.14. The second kappa shape index (κ2) is 5.28. The van der Waals surface area contributed by atoms with Crippen molar-refractivity contribution in [1.82, 2.24) is 4.83 Å². The van der Waals surface area contributed by atoms with Gasteiger partial charge in [0.15, 0.2) is 0 Å². The van der Waals surface area contributed by atoms with Crippen LogP contribution in [-0.2, 0) is 10.0 Å². The molecule has 0 aliphatic carbocycles. The quantitative estimate of drug-likeness (QED) is 0.691. The third kappa shape index (κ3) is 3.14. The molecule has 1 heterocycles. The Morgan fingerprint density at radius 3 is 2.78 bits per heavy atom. The van der Waals surface area contributed by atoms with Gasteiger partial charge in [-0.2, -0.15) is 18.4 Å². The van der Waals surface area contributed by atoms with E-state index in [1.807, 2.05) is 0 Å². The Hall–Kier alpha value is -1.73. The molecule has 18 heavy (non-hydrogen) atoms. The molecule has 0 radical (unpaired) electrons. The van der Waals surface area contributed by atoms with E-state index in [1.165, 1.54) is 30.5 Å². The van der Waals surface area contributed by atoms with E-state index in [0.29, 0.717) is 5.56 Å². The molecule has 2 rings (SSSR count). The summed E-state index contributed by atoms with van der Waals surface area (Å²) in [4.78, 5) is 2.06. The van der Waals surface area contributed by atoms with Crippen LogP contribution in [0, 0.1) is 5.82 Å². The van der Waals surface area contributed by atoms with Gasteiger partial charge in [-0.05, 0) is 29.1 Å². The average molecular weight is 284 g/mol. The van der Waals surface area contributed by atoms with Crippen molar-refractivity contribution >= 4 is 27.6 Å². The Bertz CT molecular complexity index is 651. The molecule has 0 saturated carbocycles. The Labute approximate surface area is 108 Å². The number of rotatable bonds is 4. The smallest absolute Gasteiger partial charge is 0.207 e. The maximum Gasteiger partial charge on any atom is 0.286 e. The molecule has 0 unspecified atom stereocenters. The molecule has 0 aliphatic heterocycles. The van der Waals surface area contributed by atoms with Crippen molar-refractivity contribution in [2.45, 2.75) is 4.21 Å². The molecule has 0 atom stereocenters. The van der Waals surface area contributed by atoms with Crippen LogP contribution in [-0.4, -0.2) is 14.6 Å². The number of hydrogen-bond acceptors (Lipinski definition) is 4. The molecule has 0 aliphatic rings. The number of thiophene rings is 1. The van der Waals surface area contributed by atoms with Gasteiger partial charge >= 0.3 is 0 Å². The number of sulfonamides is 1. The van der Waals surface area contributed by atoms with Crippen LogP contribution in [0.15, 0.2) is 51.1 Å². The first-order chi connectivity index (χ1) is 8.58. The molecule has 0 saturated heterocycles. The van der Waals surface area contributed by atoms with Crippen LogP contribution in [0.3, 0.4) is 0 Å². The molecule has 2 aromatic rings. The lowest BCUT2D eigenvalue weighted by molar-refractivity contribution is 0.587. The van der Waals surface area contributed by atoms with Gasteiger partial charge in [0.05, 0.1) is 6.21 Å². The number of hydrazone groups is 1. The summed E-state index contributed by atoms with van der Waals surface area (Å²) in [6.45, 7) is 0. The van der Waals surface area contributed by atoms with Gasteiger partial charge in [0.25, 0.3) is 10.0 Å². The van der Waals surface area contributed by atoms with Gasteiger partial charge in [-0.25, -0.2) is 4.39 Å². The van der Waals surface area contributed by atoms with Gasteiger partial charge in [-0.1, -0.05) is 18.2 Å². The number of nitrogens with one attached hydrogen (secondary N) is 1. The molecule has 1 aromatic heterocycles. The monoisotopic (exact) mass is 284 g/mol. The highest BCUT2D eigenvalue weighted by molar-refractivity contribution is 7.91. The fourth-order valence-electron chi connectivity index (χ4n) is 1.22. The maximum atomic E-state index is 12.9. The summed E-state index contributed by atoms with van der Waals surface area (Å²) in [7, 11) is -3.62. The minimum absolute atomic E-state index is 0.180. The molecule has 0 bridgehead atoms. The Balaban J connectivity index is 2.08. The minimum atomic E-state index is -3.62. The molecule has 0 fully saturated rings. The zero-order valence-electron chi connectivity index (χ0n) is 9.08. The van der Waals surface area contributed by atoms with Crippen LogP contribution < -0.4 is 4.83 Å². The summed E-state index contributed by atoms with van der Waals surface area (Å²) in [5.41, 5.74) is 0.476. The lowest BCUT2D eigenvalue weighted by Crippen LogP contribution is -2.17. The van der Waals surface area contributed by atoms with Crippen LogP contribution in [0.2, 0.25) is 0 Å². The van der Waals surface area contributed by atoms with Crippen molar-refractivity contribution in [2.24, 2.45) is 5.10 Å². The van der Waals surface area contributed by atoms with Crippen LogP contribution in [0.4, 0.5) is 4.39 Å². The van der Waals surface area contributed by atoms with Crippen molar-refractivity contribution in [3.63, 3.8) is 0 Å². The first kappa shape index (κ1) is 12.7. The highest BCUT2D eigenvalue weighted by atomic mass is 32.2. The topological polar surface area (TPSA) is 58.5 Å². The molecule has 1 N–H and O–H groups in total. The predicted octanol–water partition coefficient (Wildman–Crippen LogP) is 2.20. The molecule has 4 nitrogen and oxygen atoms in total. The standard InChI is InChI=1S/C11H9FN2O2S2/c12-10-4-1-3-9(7-10)8-13-14-18(15,16)11-5-2-6-17-11/h1-8,14H/b13-8+. The molecule has 1 aromatic carbocycles. The zero-order valence-corrected chi connectivity index (χ0v) is 10.7. The van der Waals surface area contributed by atoms with Crippen LogP contribution in [0.1, 0.15) is 5.56 Å². The van der Waals surface area contributed by atoms with Crippen LogP contribution in [0.5, 0.6) is 0 Å². The van der Waals surface area contributed by atoms with E-state index in [0.717, 1.165) is 11.3 Å². The van der Waals surface area contributed by atoms with Crippen molar-refractivity contribution in [1.29, 1.82) is 0 Å². The summed E-state index contributed by atoms with van der Waals surface area (Å²) in [5.74, 6) is -0.403. The van der Waals surface area contributed by atoms with E-state index in [4.69, 9.17) is 0 Å². The van der Waals surface area contributed by atoms with Gasteiger partial charge in [0.2, 0.25) is 0 Å². The van der Waals surface area contributed by atoms with Gasteiger partial charge < -0.3 is 0 Å². The highest BCUT2D eigenvalue weighted by Gasteiger charge is 2.12. The first-order valence-electron chi connectivity index (χ1n) is 4.92. The largest absolute Gasteiger partial charge is 0.286 e.